The molecule has 2 rings (SSSR count). The van der Waals surface area contributed by atoms with Crippen LogP contribution in [0.2, 0.25) is 0 Å². The van der Waals surface area contributed by atoms with E-state index in [2.05, 4.69) is 12.2 Å². The molecular formula is C17H26FNO. The van der Waals surface area contributed by atoms with Crippen LogP contribution in [0.5, 0.6) is 0 Å². The second-order valence-corrected chi connectivity index (χ2v) is 5.82. The Kier molecular flexibility index (Phi) is 5.17. The molecule has 1 aromatic carbocycles. The predicted octanol–water partition coefficient (Wildman–Crippen LogP) is 3.61. The molecule has 1 saturated carbocycles. The van der Waals surface area contributed by atoms with E-state index in [-0.39, 0.29) is 17.5 Å². The van der Waals surface area contributed by atoms with Crippen LogP contribution in [-0.4, -0.2) is 25.3 Å². The fraction of sp³-hybridized carbons (Fsp3) is 0.647. The van der Waals surface area contributed by atoms with E-state index in [1.807, 2.05) is 20.0 Å². The van der Waals surface area contributed by atoms with Crippen LogP contribution in [0.4, 0.5) is 4.39 Å². The lowest BCUT2D eigenvalue weighted by Crippen LogP contribution is -2.51. The Morgan fingerprint density at radius 2 is 2.05 bits per heavy atom. The van der Waals surface area contributed by atoms with Gasteiger partial charge in [-0.15, -0.1) is 0 Å². The smallest absolute Gasteiger partial charge is 0.123 e. The first-order chi connectivity index (χ1) is 9.61. The summed E-state index contributed by atoms with van der Waals surface area (Å²) in [4.78, 5) is 0. The van der Waals surface area contributed by atoms with E-state index in [1.54, 1.807) is 6.07 Å². The molecule has 1 atom stereocenters. The molecule has 0 aromatic heterocycles. The maximum absolute atomic E-state index is 13.5. The Balaban J connectivity index is 2.21. The van der Waals surface area contributed by atoms with Gasteiger partial charge >= 0.3 is 0 Å². The number of ether oxygens (including phenoxy) is 1. The molecule has 0 radical (unpaired) electrons. The number of likely N-dealkylation sites (N-methyl/N-ethyl adjacent to an activating group) is 1. The van der Waals surface area contributed by atoms with Gasteiger partial charge in [-0.05, 0) is 63.4 Å². The van der Waals surface area contributed by atoms with Crippen molar-refractivity contribution in [3.05, 3.63) is 35.1 Å². The maximum atomic E-state index is 13.5. The van der Waals surface area contributed by atoms with Crippen molar-refractivity contribution in [2.75, 3.05) is 13.7 Å². The van der Waals surface area contributed by atoms with Crippen LogP contribution >= 0.6 is 0 Å². The van der Waals surface area contributed by atoms with Gasteiger partial charge in [0.2, 0.25) is 0 Å². The van der Waals surface area contributed by atoms with Gasteiger partial charge in [-0.2, -0.15) is 0 Å². The van der Waals surface area contributed by atoms with Gasteiger partial charge in [0.15, 0.2) is 0 Å². The molecule has 112 valence electrons. The molecule has 1 aliphatic rings. The van der Waals surface area contributed by atoms with Gasteiger partial charge in [-0.3, -0.25) is 0 Å². The minimum Gasteiger partial charge on any atom is -0.374 e. The average Bonchev–Trinajstić information content (AvgIpc) is 2.89. The number of hydrogen-bond acceptors (Lipinski definition) is 2. The summed E-state index contributed by atoms with van der Waals surface area (Å²) < 4.78 is 19.6. The lowest BCUT2D eigenvalue weighted by molar-refractivity contribution is -0.0597. The van der Waals surface area contributed by atoms with E-state index in [9.17, 15) is 4.39 Å². The van der Waals surface area contributed by atoms with Crippen LogP contribution in [-0.2, 0) is 11.2 Å². The van der Waals surface area contributed by atoms with E-state index >= 15 is 0 Å². The van der Waals surface area contributed by atoms with Gasteiger partial charge in [0.1, 0.15) is 5.82 Å². The number of nitrogens with one attached hydrogen (secondary N) is 1. The lowest BCUT2D eigenvalue weighted by atomic mass is 9.86. The molecule has 1 unspecified atom stereocenters. The molecule has 1 fully saturated rings. The quantitative estimate of drug-likeness (QED) is 0.859. The van der Waals surface area contributed by atoms with Crippen LogP contribution in [0.1, 0.15) is 43.7 Å². The number of benzene rings is 1. The van der Waals surface area contributed by atoms with Gasteiger partial charge in [-0.25, -0.2) is 4.39 Å². The highest BCUT2D eigenvalue weighted by Crippen LogP contribution is 2.37. The van der Waals surface area contributed by atoms with E-state index in [4.69, 9.17) is 4.74 Å². The van der Waals surface area contributed by atoms with E-state index in [1.165, 1.54) is 18.9 Å². The average molecular weight is 279 g/mol. The van der Waals surface area contributed by atoms with Gasteiger partial charge in [0, 0.05) is 12.6 Å². The van der Waals surface area contributed by atoms with Crippen molar-refractivity contribution < 1.29 is 9.13 Å². The minimum absolute atomic E-state index is 0.0811. The van der Waals surface area contributed by atoms with Crippen molar-refractivity contribution in [3.8, 4) is 0 Å². The first-order valence-electron chi connectivity index (χ1n) is 7.67. The number of rotatable bonds is 6. The molecule has 1 aromatic rings. The predicted molar refractivity (Wildman–Crippen MR) is 80.5 cm³/mol. The third-order valence-electron chi connectivity index (χ3n) is 4.60. The summed E-state index contributed by atoms with van der Waals surface area (Å²) in [6, 6.07) is 5.29. The Bertz CT molecular complexity index is 441. The summed E-state index contributed by atoms with van der Waals surface area (Å²) in [5.74, 6) is -0.155. The summed E-state index contributed by atoms with van der Waals surface area (Å²) in [5, 5.41) is 3.42. The normalized spacial score (nSPS) is 19.2. The number of halogens is 1. The van der Waals surface area contributed by atoms with Crippen LogP contribution in [0, 0.1) is 12.7 Å². The van der Waals surface area contributed by atoms with Crippen LogP contribution in [0.15, 0.2) is 18.2 Å². The van der Waals surface area contributed by atoms with Gasteiger partial charge in [0.05, 0.1) is 5.60 Å². The van der Waals surface area contributed by atoms with E-state index in [0.717, 1.165) is 37.0 Å². The highest BCUT2D eigenvalue weighted by Gasteiger charge is 2.41. The topological polar surface area (TPSA) is 21.3 Å². The van der Waals surface area contributed by atoms with Crippen molar-refractivity contribution in [1.29, 1.82) is 0 Å². The molecule has 1 aliphatic carbocycles. The standard InChI is InChI=1S/C17H26FNO/c1-4-20-17(9-5-6-10-17)16(19-3)12-14-11-15(18)8-7-13(14)2/h7-8,11,16,19H,4-6,9-10,12H2,1-3H3. The summed E-state index contributed by atoms with van der Waals surface area (Å²) in [6.45, 7) is 4.84. The van der Waals surface area contributed by atoms with Crippen LogP contribution in [0.3, 0.4) is 0 Å². The maximum Gasteiger partial charge on any atom is 0.123 e. The second-order valence-electron chi connectivity index (χ2n) is 5.82. The van der Waals surface area contributed by atoms with Gasteiger partial charge in [-0.1, -0.05) is 18.9 Å². The highest BCUT2D eigenvalue weighted by molar-refractivity contribution is 5.28. The SMILES string of the molecule is CCOC1(C(Cc2cc(F)ccc2C)NC)CCCC1. The third-order valence-corrected chi connectivity index (χ3v) is 4.60. The molecule has 3 heteroatoms. The molecule has 0 bridgehead atoms. The van der Waals surface area contributed by atoms with Crippen molar-refractivity contribution in [2.45, 2.75) is 57.6 Å². The number of aryl methyl sites for hydroxylation is 1. The monoisotopic (exact) mass is 279 g/mol. The summed E-state index contributed by atoms with van der Waals surface area (Å²) in [7, 11) is 1.98. The molecule has 0 spiro atoms. The Hall–Kier alpha value is -0.930. The summed E-state index contributed by atoms with van der Waals surface area (Å²) in [5.41, 5.74) is 2.15. The Morgan fingerprint density at radius 1 is 1.35 bits per heavy atom. The van der Waals surface area contributed by atoms with Crippen molar-refractivity contribution in [2.24, 2.45) is 0 Å². The molecule has 0 heterocycles. The number of hydrogen-bond donors (Lipinski definition) is 1. The minimum atomic E-state index is -0.155. The largest absolute Gasteiger partial charge is 0.374 e. The van der Waals surface area contributed by atoms with Gasteiger partial charge in [0.25, 0.3) is 0 Å². The molecule has 0 saturated heterocycles. The van der Waals surface area contributed by atoms with Gasteiger partial charge < -0.3 is 10.1 Å². The molecule has 0 aliphatic heterocycles. The zero-order valence-electron chi connectivity index (χ0n) is 12.8. The second kappa shape index (κ2) is 6.68. The Morgan fingerprint density at radius 3 is 2.65 bits per heavy atom. The van der Waals surface area contributed by atoms with Crippen molar-refractivity contribution in [3.63, 3.8) is 0 Å². The van der Waals surface area contributed by atoms with Crippen LogP contribution in [0.25, 0.3) is 0 Å². The molecule has 20 heavy (non-hydrogen) atoms. The molecule has 1 N–H and O–H groups in total. The lowest BCUT2D eigenvalue weighted by Gasteiger charge is -2.37. The third kappa shape index (κ3) is 3.21. The first-order valence-corrected chi connectivity index (χ1v) is 7.67. The highest BCUT2D eigenvalue weighted by atomic mass is 19.1. The summed E-state index contributed by atoms with van der Waals surface area (Å²) >= 11 is 0. The summed E-state index contributed by atoms with van der Waals surface area (Å²) in [6.07, 6.45) is 5.46. The van der Waals surface area contributed by atoms with E-state index < -0.39 is 0 Å². The zero-order valence-corrected chi connectivity index (χ0v) is 12.8. The van der Waals surface area contributed by atoms with Crippen molar-refractivity contribution >= 4 is 0 Å². The Labute approximate surface area is 121 Å². The fourth-order valence-corrected chi connectivity index (χ4v) is 3.49. The molecule has 2 nitrogen and oxygen atoms in total. The van der Waals surface area contributed by atoms with Crippen molar-refractivity contribution in [1.82, 2.24) is 5.32 Å². The fourth-order valence-electron chi connectivity index (χ4n) is 3.49. The molecule has 0 amide bonds. The van der Waals surface area contributed by atoms with E-state index in [0.29, 0.717) is 0 Å². The first kappa shape index (κ1) is 15.5. The zero-order chi connectivity index (χ0) is 14.6. The molecular weight excluding hydrogens is 253 g/mol. The van der Waals surface area contributed by atoms with Crippen LogP contribution < -0.4 is 5.32 Å².